The van der Waals surface area contributed by atoms with Gasteiger partial charge < -0.3 is 15.4 Å². The SMILES string of the molecule is CC(COc1cccc(F)c1)NC(=O)NCCS(C)=O. The van der Waals surface area contributed by atoms with Gasteiger partial charge >= 0.3 is 6.03 Å². The average molecular weight is 302 g/mol. The van der Waals surface area contributed by atoms with Gasteiger partial charge in [0.05, 0.1) is 6.04 Å². The van der Waals surface area contributed by atoms with Crippen molar-refractivity contribution in [2.45, 2.75) is 13.0 Å². The maximum atomic E-state index is 12.9. The first-order valence-electron chi connectivity index (χ1n) is 6.20. The molecule has 0 aliphatic rings. The molecular formula is C13H19FN2O3S. The number of nitrogens with one attached hydrogen (secondary N) is 2. The van der Waals surface area contributed by atoms with E-state index in [1.165, 1.54) is 12.1 Å². The van der Waals surface area contributed by atoms with E-state index in [-0.39, 0.29) is 24.5 Å². The molecule has 0 spiro atoms. The highest BCUT2D eigenvalue weighted by Gasteiger charge is 2.07. The first kappa shape index (κ1) is 16.4. The highest BCUT2D eigenvalue weighted by atomic mass is 32.2. The molecule has 2 unspecified atom stereocenters. The topological polar surface area (TPSA) is 67.4 Å². The van der Waals surface area contributed by atoms with Gasteiger partial charge in [-0.25, -0.2) is 9.18 Å². The fraction of sp³-hybridized carbons (Fsp3) is 0.462. The lowest BCUT2D eigenvalue weighted by Crippen LogP contribution is -2.44. The summed E-state index contributed by atoms with van der Waals surface area (Å²) in [7, 11) is -0.928. The number of amides is 2. The van der Waals surface area contributed by atoms with Crippen molar-refractivity contribution in [3.05, 3.63) is 30.1 Å². The van der Waals surface area contributed by atoms with Crippen LogP contribution in [0, 0.1) is 5.82 Å². The number of hydrogen-bond acceptors (Lipinski definition) is 3. The van der Waals surface area contributed by atoms with E-state index in [2.05, 4.69) is 10.6 Å². The third-order valence-electron chi connectivity index (χ3n) is 2.35. The predicted molar refractivity (Wildman–Crippen MR) is 76.8 cm³/mol. The summed E-state index contributed by atoms with van der Waals surface area (Å²) in [6.45, 7) is 2.36. The second-order valence-electron chi connectivity index (χ2n) is 4.35. The third kappa shape index (κ3) is 7.08. The minimum atomic E-state index is -0.928. The number of carbonyl (C=O) groups is 1. The van der Waals surface area contributed by atoms with Crippen LogP contribution >= 0.6 is 0 Å². The molecule has 0 bridgehead atoms. The van der Waals surface area contributed by atoms with Crippen molar-refractivity contribution < 1.29 is 18.1 Å². The summed E-state index contributed by atoms with van der Waals surface area (Å²) in [6.07, 6.45) is 1.58. The molecule has 0 heterocycles. The monoisotopic (exact) mass is 302 g/mol. The van der Waals surface area contributed by atoms with Gasteiger partial charge in [-0.15, -0.1) is 0 Å². The largest absolute Gasteiger partial charge is 0.491 e. The molecule has 0 saturated carbocycles. The van der Waals surface area contributed by atoms with Crippen molar-refractivity contribution >= 4 is 16.8 Å². The smallest absolute Gasteiger partial charge is 0.315 e. The zero-order valence-corrected chi connectivity index (χ0v) is 12.3. The van der Waals surface area contributed by atoms with Crippen molar-refractivity contribution in [1.29, 1.82) is 0 Å². The Labute approximate surface area is 120 Å². The Bertz CT molecular complexity index is 471. The molecule has 0 saturated heterocycles. The molecule has 1 aromatic rings. The molecule has 5 nitrogen and oxygen atoms in total. The molecule has 112 valence electrons. The van der Waals surface area contributed by atoms with Crippen LogP contribution in [-0.2, 0) is 10.8 Å². The molecule has 20 heavy (non-hydrogen) atoms. The molecule has 0 aromatic heterocycles. The van der Waals surface area contributed by atoms with Crippen LogP contribution in [-0.4, -0.2) is 41.4 Å². The molecule has 0 fully saturated rings. The van der Waals surface area contributed by atoms with Gasteiger partial charge in [0.25, 0.3) is 0 Å². The van der Waals surface area contributed by atoms with Crippen molar-refractivity contribution in [3.63, 3.8) is 0 Å². The van der Waals surface area contributed by atoms with Crippen LogP contribution in [0.2, 0.25) is 0 Å². The van der Waals surface area contributed by atoms with Crippen LogP contribution in [0.1, 0.15) is 6.92 Å². The fourth-order valence-corrected chi connectivity index (χ4v) is 1.79. The van der Waals surface area contributed by atoms with Gasteiger partial charge in [-0.05, 0) is 19.1 Å². The molecular weight excluding hydrogens is 283 g/mol. The lowest BCUT2D eigenvalue weighted by atomic mass is 10.3. The summed E-state index contributed by atoms with van der Waals surface area (Å²) in [5, 5.41) is 5.26. The third-order valence-corrected chi connectivity index (χ3v) is 3.13. The normalized spacial score (nSPS) is 13.3. The van der Waals surface area contributed by atoms with Gasteiger partial charge in [0, 0.05) is 35.4 Å². The van der Waals surface area contributed by atoms with E-state index in [9.17, 15) is 13.4 Å². The highest BCUT2D eigenvalue weighted by molar-refractivity contribution is 7.84. The summed E-state index contributed by atoms with van der Waals surface area (Å²) in [5.74, 6) is 0.468. The predicted octanol–water partition coefficient (Wildman–Crippen LogP) is 1.27. The van der Waals surface area contributed by atoms with Crippen molar-refractivity contribution in [1.82, 2.24) is 10.6 Å². The van der Waals surface area contributed by atoms with Gasteiger partial charge in [-0.3, -0.25) is 4.21 Å². The molecule has 0 aliphatic carbocycles. The van der Waals surface area contributed by atoms with Crippen molar-refractivity contribution in [3.8, 4) is 5.75 Å². The number of hydrogen-bond donors (Lipinski definition) is 2. The van der Waals surface area contributed by atoms with Gasteiger partial charge in [-0.2, -0.15) is 0 Å². The Morgan fingerprint density at radius 3 is 2.90 bits per heavy atom. The Balaban J connectivity index is 2.24. The van der Waals surface area contributed by atoms with E-state index in [1.807, 2.05) is 0 Å². The maximum absolute atomic E-state index is 12.9. The second-order valence-corrected chi connectivity index (χ2v) is 5.90. The quantitative estimate of drug-likeness (QED) is 0.797. The number of halogens is 1. The van der Waals surface area contributed by atoms with E-state index >= 15 is 0 Å². The minimum Gasteiger partial charge on any atom is -0.491 e. The minimum absolute atomic E-state index is 0.231. The summed E-state index contributed by atoms with van der Waals surface area (Å²) >= 11 is 0. The molecule has 1 rings (SSSR count). The molecule has 7 heteroatoms. The van der Waals surface area contributed by atoms with Gasteiger partial charge in [0.1, 0.15) is 18.2 Å². The summed E-state index contributed by atoms with van der Waals surface area (Å²) in [5.41, 5.74) is 0. The first-order valence-corrected chi connectivity index (χ1v) is 7.93. The van der Waals surface area contributed by atoms with Crippen LogP contribution in [0.5, 0.6) is 5.75 Å². The van der Waals surface area contributed by atoms with Crippen molar-refractivity contribution in [2.75, 3.05) is 25.2 Å². The lowest BCUT2D eigenvalue weighted by molar-refractivity contribution is 0.227. The average Bonchev–Trinajstić information content (AvgIpc) is 2.36. The molecule has 0 aliphatic heterocycles. The Hall–Kier alpha value is -1.63. The highest BCUT2D eigenvalue weighted by Crippen LogP contribution is 2.11. The molecule has 2 amide bonds. The van der Waals surface area contributed by atoms with Crippen LogP contribution < -0.4 is 15.4 Å². The lowest BCUT2D eigenvalue weighted by Gasteiger charge is -2.15. The Kier molecular flexibility index (Phi) is 7.00. The molecule has 0 radical (unpaired) electrons. The number of carbonyl (C=O) groups excluding carboxylic acids is 1. The summed E-state index contributed by atoms with van der Waals surface area (Å²) < 4.78 is 29.1. The fourth-order valence-electron chi connectivity index (χ4n) is 1.40. The zero-order valence-electron chi connectivity index (χ0n) is 11.5. The van der Waals surface area contributed by atoms with E-state index in [4.69, 9.17) is 4.74 Å². The summed E-state index contributed by atoms with van der Waals surface area (Å²) in [4.78, 5) is 11.5. The van der Waals surface area contributed by atoms with E-state index in [0.717, 1.165) is 0 Å². The number of ether oxygens (including phenoxy) is 1. The Morgan fingerprint density at radius 1 is 1.50 bits per heavy atom. The van der Waals surface area contributed by atoms with Gasteiger partial charge in [0.2, 0.25) is 0 Å². The first-order chi connectivity index (χ1) is 9.47. The van der Waals surface area contributed by atoms with E-state index < -0.39 is 10.8 Å². The zero-order chi connectivity index (χ0) is 15.0. The van der Waals surface area contributed by atoms with Crippen molar-refractivity contribution in [2.24, 2.45) is 0 Å². The van der Waals surface area contributed by atoms with Gasteiger partial charge in [-0.1, -0.05) is 6.07 Å². The van der Waals surface area contributed by atoms with E-state index in [1.54, 1.807) is 25.3 Å². The van der Waals surface area contributed by atoms with E-state index in [0.29, 0.717) is 18.0 Å². The molecule has 2 N–H and O–H groups in total. The standard InChI is InChI=1S/C13H19FN2O3S/c1-10(16-13(17)15-6-7-20(2)18)9-19-12-5-3-4-11(14)8-12/h3-5,8,10H,6-7,9H2,1-2H3,(H2,15,16,17). The molecule has 2 atom stereocenters. The number of rotatable bonds is 7. The van der Waals surface area contributed by atoms with Crippen LogP contribution in [0.25, 0.3) is 0 Å². The number of urea groups is 1. The summed E-state index contributed by atoms with van der Waals surface area (Å²) in [6, 6.07) is 5.24. The van der Waals surface area contributed by atoms with Crippen LogP contribution in [0.4, 0.5) is 9.18 Å². The van der Waals surface area contributed by atoms with Gasteiger partial charge in [0.15, 0.2) is 0 Å². The van der Waals surface area contributed by atoms with Crippen LogP contribution in [0.15, 0.2) is 24.3 Å². The Morgan fingerprint density at radius 2 is 2.25 bits per heavy atom. The maximum Gasteiger partial charge on any atom is 0.315 e. The second kappa shape index (κ2) is 8.52. The van der Waals surface area contributed by atoms with Crippen LogP contribution in [0.3, 0.4) is 0 Å². The molecule has 1 aromatic carbocycles. The number of benzene rings is 1.